The molecule has 6 heteroatoms. The van der Waals surface area contributed by atoms with Crippen LogP contribution in [0.5, 0.6) is 0 Å². The lowest BCUT2D eigenvalue weighted by Crippen LogP contribution is -2.38. The zero-order chi connectivity index (χ0) is 18.5. The number of rotatable bonds is 6. The van der Waals surface area contributed by atoms with E-state index < -0.39 is 0 Å². The average Bonchev–Trinajstić information content (AvgIpc) is 3.05. The van der Waals surface area contributed by atoms with Crippen LogP contribution in [-0.2, 0) is 11.3 Å². The molecule has 0 aliphatic heterocycles. The maximum atomic E-state index is 12.8. The number of anilines is 1. The third-order valence-corrected chi connectivity index (χ3v) is 5.10. The lowest BCUT2D eigenvalue weighted by atomic mass is 10.1. The highest BCUT2D eigenvalue weighted by Gasteiger charge is 2.19. The van der Waals surface area contributed by atoms with Gasteiger partial charge < -0.3 is 0 Å². The number of nitrogens with zero attached hydrogens (tertiary/aromatic N) is 4. The molecule has 0 aliphatic carbocycles. The number of nitriles is 1. The number of para-hydroxylation sites is 1. The predicted octanol–water partition coefficient (Wildman–Crippen LogP) is 3.65. The summed E-state index contributed by atoms with van der Waals surface area (Å²) in [5, 5.41) is 9.74. The molecule has 0 radical (unpaired) electrons. The van der Waals surface area contributed by atoms with E-state index in [0.29, 0.717) is 25.2 Å². The molecule has 0 atom stereocenters. The van der Waals surface area contributed by atoms with E-state index in [1.807, 2.05) is 61.3 Å². The maximum absolute atomic E-state index is 12.8. The van der Waals surface area contributed by atoms with Crippen molar-refractivity contribution >= 4 is 32.6 Å². The van der Waals surface area contributed by atoms with Gasteiger partial charge in [0.25, 0.3) is 0 Å². The van der Waals surface area contributed by atoms with Crippen molar-refractivity contribution in [1.29, 1.82) is 5.26 Å². The molecule has 26 heavy (non-hydrogen) atoms. The van der Waals surface area contributed by atoms with Crippen LogP contribution in [0, 0.1) is 11.3 Å². The number of hydrogen-bond acceptors (Lipinski definition) is 5. The van der Waals surface area contributed by atoms with Gasteiger partial charge in [-0.05, 0) is 43.8 Å². The normalized spacial score (nSPS) is 10.8. The number of carbonyl (C=O) groups excluding carboxylic acids is 1. The summed E-state index contributed by atoms with van der Waals surface area (Å²) in [6.07, 6.45) is 0. The Kier molecular flexibility index (Phi) is 5.61. The van der Waals surface area contributed by atoms with E-state index >= 15 is 0 Å². The van der Waals surface area contributed by atoms with Gasteiger partial charge in [0, 0.05) is 13.1 Å². The van der Waals surface area contributed by atoms with Crippen molar-refractivity contribution in [1.82, 2.24) is 9.88 Å². The van der Waals surface area contributed by atoms with Gasteiger partial charge in [0.1, 0.15) is 0 Å². The van der Waals surface area contributed by atoms with Crippen LogP contribution in [-0.4, -0.2) is 35.9 Å². The molecule has 2 aromatic carbocycles. The molecule has 132 valence electrons. The van der Waals surface area contributed by atoms with Crippen molar-refractivity contribution in [3.8, 4) is 6.07 Å². The number of hydrogen-bond donors (Lipinski definition) is 0. The van der Waals surface area contributed by atoms with Gasteiger partial charge in [0.15, 0.2) is 5.13 Å². The number of likely N-dealkylation sites (N-methyl/N-ethyl adjacent to an activating group) is 2. The van der Waals surface area contributed by atoms with Crippen molar-refractivity contribution in [3.05, 3.63) is 59.7 Å². The fraction of sp³-hybridized carbons (Fsp3) is 0.250. The van der Waals surface area contributed by atoms with Gasteiger partial charge in [-0.3, -0.25) is 14.6 Å². The number of aromatic nitrogens is 1. The van der Waals surface area contributed by atoms with E-state index in [1.54, 1.807) is 11.0 Å². The van der Waals surface area contributed by atoms with Crippen molar-refractivity contribution < 1.29 is 4.79 Å². The molecule has 1 heterocycles. The first-order valence-corrected chi connectivity index (χ1v) is 9.26. The van der Waals surface area contributed by atoms with Crippen molar-refractivity contribution in [3.63, 3.8) is 0 Å². The average molecular weight is 364 g/mol. The van der Waals surface area contributed by atoms with Crippen molar-refractivity contribution in [2.45, 2.75) is 13.5 Å². The number of amides is 1. The number of carbonyl (C=O) groups is 1. The molecule has 0 bridgehead atoms. The second kappa shape index (κ2) is 8.09. The van der Waals surface area contributed by atoms with Crippen LogP contribution < -0.4 is 4.90 Å². The van der Waals surface area contributed by atoms with Gasteiger partial charge in [-0.2, -0.15) is 5.26 Å². The second-order valence-corrected chi connectivity index (χ2v) is 7.10. The summed E-state index contributed by atoms with van der Waals surface area (Å²) in [4.78, 5) is 21.0. The molecule has 0 aliphatic rings. The Morgan fingerprint density at radius 2 is 2.04 bits per heavy atom. The Hall–Kier alpha value is -2.75. The topological polar surface area (TPSA) is 60.2 Å². The first-order valence-electron chi connectivity index (χ1n) is 8.44. The molecular weight excluding hydrogens is 344 g/mol. The minimum Gasteiger partial charge on any atom is -0.293 e. The van der Waals surface area contributed by atoms with E-state index in [1.165, 1.54) is 11.3 Å². The largest absolute Gasteiger partial charge is 0.293 e. The molecular formula is C20H20N4OS. The highest BCUT2D eigenvalue weighted by molar-refractivity contribution is 7.22. The van der Waals surface area contributed by atoms with Gasteiger partial charge in [0.2, 0.25) is 5.91 Å². The highest BCUT2D eigenvalue weighted by Crippen LogP contribution is 2.28. The zero-order valence-corrected chi connectivity index (χ0v) is 15.7. The molecule has 0 saturated carbocycles. The smallest absolute Gasteiger partial charge is 0.242 e. The Balaban J connectivity index is 1.69. The lowest BCUT2D eigenvalue weighted by molar-refractivity contribution is -0.119. The van der Waals surface area contributed by atoms with Gasteiger partial charge >= 0.3 is 0 Å². The van der Waals surface area contributed by atoms with E-state index in [4.69, 9.17) is 5.26 Å². The summed E-state index contributed by atoms with van der Waals surface area (Å²) in [6.45, 7) is 3.44. The van der Waals surface area contributed by atoms with E-state index in [2.05, 4.69) is 11.1 Å². The number of thiazole rings is 1. The van der Waals surface area contributed by atoms with Crippen LogP contribution >= 0.6 is 11.3 Å². The Morgan fingerprint density at radius 1 is 1.23 bits per heavy atom. The van der Waals surface area contributed by atoms with Crippen molar-refractivity contribution in [2.24, 2.45) is 0 Å². The SMILES string of the molecule is CCN(C(=O)CN(C)Cc1cccc(C#N)c1)c1nc2ccccc2s1. The third-order valence-electron chi connectivity index (χ3n) is 4.04. The van der Waals surface area contributed by atoms with E-state index in [9.17, 15) is 4.79 Å². The van der Waals surface area contributed by atoms with E-state index in [-0.39, 0.29) is 5.91 Å². The molecule has 1 aromatic heterocycles. The van der Waals surface area contributed by atoms with Crippen LogP contribution in [0.3, 0.4) is 0 Å². The molecule has 0 spiro atoms. The first-order chi connectivity index (χ1) is 12.6. The van der Waals surface area contributed by atoms with Gasteiger partial charge in [-0.15, -0.1) is 0 Å². The summed E-state index contributed by atoms with van der Waals surface area (Å²) >= 11 is 1.53. The van der Waals surface area contributed by atoms with E-state index in [0.717, 1.165) is 20.9 Å². The Labute approximate surface area is 157 Å². The van der Waals surface area contributed by atoms with Crippen LogP contribution in [0.25, 0.3) is 10.2 Å². The summed E-state index contributed by atoms with van der Waals surface area (Å²) in [5.74, 6) is 0.0190. The molecule has 0 fully saturated rings. The first kappa shape index (κ1) is 18.1. The Bertz CT molecular complexity index is 927. The maximum Gasteiger partial charge on any atom is 0.242 e. The molecule has 0 saturated heterocycles. The van der Waals surface area contributed by atoms with Crippen molar-refractivity contribution in [2.75, 3.05) is 25.0 Å². The molecule has 1 amide bonds. The molecule has 3 aromatic rings. The summed E-state index contributed by atoms with van der Waals surface area (Å²) in [5.41, 5.74) is 2.56. The fourth-order valence-electron chi connectivity index (χ4n) is 2.82. The van der Waals surface area contributed by atoms with Gasteiger partial charge in [0.05, 0.1) is 28.4 Å². The monoisotopic (exact) mass is 364 g/mol. The summed E-state index contributed by atoms with van der Waals surface area (Å²) in [6, 6.07) is 17.5. The van der Waals surface area contributed by atoms with Gasteiger partial charge in [-0.1, -0.05) is 35.6 Å². The quantitative estimate of drug-likeness (QED) is 0.670. The predicted molar refractivity (Wildman–Crippen MR) is 105 cm³/mol. The summed E-state index contributed by atoms with van der Waals surface area (Å²) < 4.78 is 1.08. The molecule has 3 rings (SSSR count). The van der Waals surface area contributed by atoms with Crippen LogP contribution in [0.1, 0.15) is 18.1 Å². The number of benzene rings is 2. The molecule has 0 unspecified atom stereocenters. The fourth-order valence-corrected chi connectivity index (χ4v) is 3.86. The van der Waals surface area contributed by atoms with Crippen LogP contribution in [0.15, 0.2) is 48.5 Å². The second-order valence-electron chi connectivity index (χ2n) is 6.09. The molecule has 5 nitrogen and oxygen atoms in total. The molecule has 0 N–H and O–H groups in total. The van der Waals surface area contributed by atoms with Gasteiger partial charge in [-0.25, -0.2) is 4.98 Å². The van der Waals surface area contributed by atoms with Crippen LogP contribution in [0.2, 0.25) is 0 Å². The lowest BCUT2D eigenvalue weighted by Gasteiger charge is -2.22. The number of fused-ring (bicyclic) bond motifs is 1. The summed E-state index contributed by atoms with van der Waals surface area (Å²) in [7, 11) is 1.91. The standard InChI is InChI=1S/C20H20N4OS/c1-3-24(20-22-17-9-4-5-10-18(17)26-20)19(25)14-23(2)13-16-8-6-7-15(11-16)12-21/h4-11H,3,13-14H2,1-2H3. The Morgan fingerprint density at radius 3 is 2.77 bits per heavy atom. The minimum atomic E-state index is 0.0190. The zero-order valence-electron chi connectivity index (χ0n) is 14.8. The highest BCUT2D eigenvalue weighted by atomic mass is 32.1. The third kappa shape index (κ3) is 4.07. The minimum absolute atomic E-state index is 0.0190. The van der Waals surface area contributed by atoms with Crippen LogP contribution in [0.4, 0.5) is 5.13 Å².